The van der Waals surface area contributed by atoms with Crippen molar-refractivity contribution in [3.05, 3.63) is 33.9 Å². The Morgan fingerprint density at radius 1 is 1.69 bits per heavy atom. The molecule has 70 valence electrons. The summed E-state index contributed by atoms with van der Waals surface area (Å²) in [4.78, 5) is 4.01. The van der Waals surface area contributed by atoms with E-state index in [1.165, 1.54) is 0 Å². The maximum absolute atomic E-state index is 5.87. The van der Waals surface area contributed by atoms with E-state index in [1.54, 1.807) is 12.3 Å². The lowest BCUT2D eigenvalue weighted by Gasteiger charge is -2.03. The monoisotopic (exact) mass is 261 g/mol. The number of rotatable bonds is 3. The molecule has 0 saturated carbocycles. The summed E-state index contributed by atoms with van der Waals surface area (Å²) < 4.78 is 6.12. The van der Waals surface area contributed by atoms with E-state index in [0.717, 1.165) is 4.47 Å². The Morgan fingerprint density at radius 2 is 2.46 bits per heavy atom. The fourth-order valence-corrected chi connectivity index (χ4v) is 1.42. The third kappa shape index (κ3) is 3.36. The first-order chi connectivity index (χ1) is 6.24. The van der Waals surface area contributed by atoms with Crippen LogP contribution >= 0.6 is 27.5 Å². The maximum Gasteiger partial charge on any atom is 0.232 e. The Hall–Kier alpha value is -0.540. The third-order valence-electron chi connectivity index (χ3n) is 1.33. The molecule has 0 spiro atoms. The second kappa shape index (κ2) is 5.25. The van der Waals surface area contributed by atoms with Gasteiger partial charge in [0.05, 0.1) is 0 Å². The van der Waals surface area contributed by atoms with Gasteiger partial charge in [-0.25, -0.2) is 4.98 Å². The fraction of sp³-hybridized carbons (Fsp3) is 0.222. The van der Waals surface area contributed by atoms with Gasteiger partial charge >= 0.3 is 0 Å². The van der Waals surface area contributed by atoms with Gasteiger partial charge in [0.15, 0.2) is 0 Å². The van der Waals surface area contributed by atoms with Gasteiger partial charge in [0.1, 0.15) is 11.6 Å². The largest absolute Gasteiger partial charge is 0.472 e. The van der Waals surface area contributed by atoms with E-state index in [2.05, 4.69) is 20.9 Å². The molecular weight excluding hydrogens is 253 g/mol. The molecule has 1 aromatic rings. The summed E-state index contributed by atoms with van der Waals surface area (Å²) in [6.07, 6.45) is 5.45. The number of ether oxygens (including phenoxy) is 1. The number of allylic oxidation sites excluding steroid dienone is 1. The highest BCUT2D eigenvalue weighted by atomic mass is 79.9. The molecule has 2 nitrogen and oxygen atoms in total. The van der Waals surface area contributed by atoms with Gasteiger partial charge in [-0.1, -0.05) is 23.8 Å². The molecule has 0 bridgehead atoms. The highest BCUT2D eigenvalue weighted by molar-refractivity contribution is 9.10. The van der Waals surface area contributed by atoms with Gasteiger partial charge in [-0.15, -0.1) is 0 Å². The van der Waals surface area contributed by atoms with Crippen molar-refractivity contribution in [2.24, 2.45) is 0 Å². The topological polar surface area (TPSA) is 22.1 Å². The minimum atomic E-state index is 0.461. The van der Waals surface area contributed by atoms with Crippen LogP contribution in [0.25, 0.3) is 0 Å². The molecule has 1 aromatic heterocycles. The second-order valence-corrected chi connectivity index (χ2v) is 3.64. The van der Waals surface area contributed by atoms with Crippen molar-refractivity contribution in [3.63, 3.8) is 0 Å². The van der Waals surface area contributed by atoms with Gasteiger partial charge in [0.2, 0.25) is 5.88 Å². The molecule has 0 aliphatic rings. The molecule has 0 atom stereocenters. The molecule has 4 heteroatoms. The van der Waals surface area contributed by atoms with Crippen molar-refractivity contribution < 1.29 is 4.74 Å². The molecule has 1 rings (SSSR count). The molecule has 0 aliphatic heterocycles. The van der Waals surface area contributed by atoms with Crippen LogP contribution in [0.3, 0.4) is 0 Å². The number of pyridine rings is 1. The predicted molar refractivity (Wildman–Crippen MR) is 57.3 cm³/mol. The summed E-state index contributed by atoms with van der Waals surface area (Å²) >= 11 is 9.13. The number of aromatic nitrogens is 1. The molecule has 0 N–H and O–H groups in total. The van der Waals surface area contributed by atoms with Crippen molar-refractivity contribution in [2.75, 3.05) is 6.61 Å². The first-order valence-corrected chi connectivity index (χ1v) is 4.96. The molecule has 0 aliphatic carbocycles. The summed E-state index contributed by atoms with van der Waals surface area (Å²) in [7, 11) is 0. The average Bonchev–Trinajstić information content (AvgIpc) is 2.09. The minimum Gasteiger partial charge on any atom is -0.472 e. The second-order valence-electron chi connectivity index (χ2n) is 2.32. The summed E-state index contributed by atoms with van der Waals surface area (Å²) in [6, 6.07) is 1.75. The SMILES string of the molecule is C/C=C/COc1ncc(Br)cc1Cl. The molecule has 13 heavy (non-hydrogen) atoms. The fourth-order valence-electron chi connectivity index (χ4n) is 0.732. The van der Waals surface area contributed by atoms with Gasteiger partial charge in [-0.05, 0) is 28.9 Å². The van der Waals surface area contributed by atoms with Crippen LogP contribution in [0.15, 0.2) is 28.9 Å². The standard InChI is InChI=1S/C9H9BrClNO/c1-2-3-4-13-9-8(11)5-7(10)6-12-9/h2-3,5-6H,4H2,1H3/b3-2+. The van der Waals surface area contributed by atoms with Crippen LogP contribution in [0, 0.1) is 0 Å². The Balaban J connectivity index is 2.66. The van der Waals surface area contributed by atoms with Crippen molar-refractivity contribution >= 4 is 27.5 Å². The number of hydrogen-bond donors (Lipinski definition) is 0. The summed E-state index contributed by atoms with van der Waals surface area (Å²) in [5.41, 5.74) is 0. The average molecular weight is 263 g/mol. The summed E-state index contributed by atoms with van der Waals surface area (Å²) in [5, 5.41) is 0.513. The van der Waals surface area contributed by atoms with Gasteiger partial charge in [-0.3, -0.25) is 0 Å². The van der Waals surface area contributed by atoms with E-state index in [4.69, 9.17) is 16.3 Å². The first-order valence-electron chi connectivity index (χ1n) is 3.79. The van der Waals surface area contributed by atoms with Crippen LogP contribution in [-0.2, 0) is 0 Å². The molecule has 0 saturated heterocycles. The van der Waals surface area contributed by atoms with Crippen LogP contribution in [0.2, 0.25) is 5.02 Å². The molecule has 0 fully saturated rings. The quantitative estimate of drug-likeness (QED) is 0.778. The van der Waals surface area contributed by atoms with E-state index in [9.17, 15) is 0 Å². The highest BCUT2D eigenvalue weighted by Crippen LogP contribution is 2.24. The Labute approximate surface area is 90.7 Å². The van der Waals surface area contributed by atoms with Crippen LogP contribution in [0.5, 0.6) is 5.88 Å². The molecule has 0 amide bonds. The van der Waals surface area contributed by atoms with Crippen LogP contribution in [-0.4, -0.2) is 11.6 Å². The Bertz CT molecular complexity index is 314. The van der Waals surface area contributed by atoms with Gasteiger partial charge in [0.25, 0.3) is 0 Å². The van der Waals surface area contributed by atoms with E-state index in [-0.39, 0.29) is 0 Å². The smallest absolute Gasteiger partial charge is 0.232 e. The zero-order valence-electron chi connectivity index (χ0n) is 7.13. The van der Waals surface area contributed by atoms with Gasteiger partial charge in [-0.2, -0.15) is 0 Å². The molecule has 0 unspecified atom stereocenters. The maximum atomic E-state index is 5.87. The predicted octanol–water partition coefficient (Wildman–Crippen LogP) is 3.45. The Kier molecular flexibility index (Phi) is 4.25. The van der Waals surface area contributed by atoms with Crippen LogP contribution < -0.4 is 4.74 Å². The highest BCUT2D eigenvalue weighted by Gasteiger charge is 2.01. The summed E-state index contributed by atoms with van der Waals surface area (Å²) in [5.74, 6) is 0.461. The number of hydrogen-bond acceptors (Lipinski definition) is 2. The molecule has 0 aromatic carbocycles. The zero-order chi connectivity index (χ0) is 9.68. The third-order valence-corrected chi connectivity index (χ3v) is 2.03. The van der Waals surface area contributed by atoms with E-state index in [1.807, 2.05) is 19.1 Å². The normalized spacial score (nSPS) is 10.7. The number of halogens is 2. The summed E-state index contributed by atoms with van der Waals surface area (Å²) in [6.45, 7) is 2.42. The minimum absolute atomic E-state index is 0.461. The van der Waals surface area contributed by atoms with Crippen LogP contribution in [0.1, 0.15) is 6.92 Å². The van der Waals surface area contributed by atoms with Gasteiger partial charge in [0, 0.05) is 10.7 Å². The van der Waals surface area contributed by atoms with E-state index in [0.29, 0.717) is 17.5 Å². The van der Waals surface area contributed by atoms with Gasteiger partial charge < -0.3 is 4.74 Å². The molecular formula is C9H9BrClNO. The van der Waals surface area contributed by atoms with Crippen LogP contribution in [0.4, 0.5) is 0 Å². The van der Waals surface area contributed by atoms with Crippen molar-refractivity contribution in [1.29, 1.82) is 0 Å². The van der Waals surface area contributed by atoms with Crippen molar-refractivity contribution in [1.82, 2.24) is 4.98 Å². The number of nitrogens with zero attached hydrogens (tertiary/aromatic N) is 1. The van der Waals surface area contributed by atoms with E-state index < -0.39 is 0 Å². The molecule has 1 heterocycles. The van der Waals surface area contributed by atoms with E-state index >= 15 is 0 Å². The zero-order valence-corrected chi connectivity index (χ0v) is 9.47. The van der Waals surface area contributed by atoms with Crippen molar-refractivity contribution in [3.8, 4) is 5.88 Å². The lowest BCUT2D eigenvalue weighted by atomic mass is 10.5. The lowest BCUT2D eigenvalue weighted by Crippen LogP contribution is -1.96. The molecule has 0 radical (unpaired) electrons. The Morgan fingerprint density at radius 3 is 3.08 bits per heavy atom. The van der Waals surface area contributed by atoms with Crippen molar-refractivity contribution in [2.45, 2.75) is 6.92 Å². The lowest BCUT2D eigenvalue weighted by molar-refractivity contribution is 0.348. The first kappa shape index (κ1) is 10.5.